The number of nitrogens with two attached hydrogens (primary N) is 1. The maximum Gasteiger partial charge on any atom is 0.0416 e. The van der Waals surface area contributed by atoms with Gasteiger partial charge < -0.3 is 10.6 Å². The van der Waals surface area contributed by atoms with Crippen molar-refractivity contribution in [3.05, 3.63) is 30.1 Å². The molecule has 2 rings (SSSR count). The lowest BCUT2D eigenvalue weighted by molar-refractivity contribution is 0.234. The van der Waals surface area contributed by atoms with E-state index in [0.29, 0.717) is 6.04 Å². The zero-order valence-electron chi connectivity index (χ0n) is 12.1. The maximum atomic E-state index is 6.36. The van der Waals surface area contributed by atoms with E-state index in [4.69, 9.17) is 5.73 Å². The molecular weight excluding hydrogens is 234 g/mol. The highest BCUT2D eigenvalue weighted by Crippen LogP contribution is 2.25. The summed E-state index contributed by atoms with van der Waals surface area (Å²) in [6, 6.07) is 6.45. The molecule has 1 aromatic heterocycles. The van der Waals surface area contributed by atoms with Gasteiger partial charge in [0.05, 0.1) is 0 Å². The summed E-state index contributed by atoms with van der Waals surface area (Å²) in [4.78, 5) is 6.72. The molecule has 0 aromatic carbocycles. The largest absolute Gasteiger partial charge is 0.326 e. The van der Waals surface area contributed by atoms with Crippen molar-refractivity contribution in [1.29, 1.82) is 0 Å². The molecule has 3 heteroatoms. The molecular formula is C16H27N3. The van der Waals surface area contributed by atoms with Gasteiger partial charge in [0.1, 0.15) is 0 Å². The number of aromatic nitrogens is 1. The van der Waals surface area contributed by atoms with Crippen molar-refractivity contribution < 1.29 is 0 Å². The van der Waals surface area contributed by atoms with Crippen LogP contribution in [-0.4, -0.2) is 36.1 Å². The van der Waals surface area contributed by atoms with Crippen LogP contribution < -0.4 is 5.73 Å². The second-order valence-electron chi connectivity index (χ2n) is 5.90. The third-order valence-corrected chi connectivity index (χ3v) is 4.25. The Balaban J connectivity index is 1.70. The number of pyridine rings is 1. The summed E-state index contributed by atoms with van der Waals surface area (Å²) >= 11 is 0. The van der Waals surface area contributed by atoms with Crippen molar-refractivity contribution in [2.24, 2.45) is 11.7 Å². The Morgan fingerprint density at radius 2 is 2.11 bits per heavy atom. The fraction of sp³-hybridized carbons (Fsp3) is 0.688. The van der Waals surface area contributed by atoms with Crippen LogP contribution in [0.25, 0.3) is 0 Å². The van der Waals surface area contributed by atoms with E-state index in [0.717, 1.165) is 25.4 Å². The lowest BCUT2D eigenvalue weighted by Crippen LogP contribution is -2.42. The zero-order valence-corrected chi connectivity index (χ0v) is 12.1. The number of hydrogen-bond donors (Lipinski definition) is 1. The smallest absolute Gasteiger partial charge is 0.0416 e. The van der Waals surface area contributed by atoms with Gasteiger partial charge in [-0.3, -0.25) is 4.98 Å². The Kier molecular flexibility index (Phi) is 5.80. The molecule has 0 saturated heterocycles. The molecule has 106 valence electrons. The van der Waals surface area contributed by atoms with Crippen molar-refractivity contribution in [2.75, 3.05) is 20.1 Å². The van der Waals surface area contributed by atoms with Crippen LogP contribution in [0.5, 0.6) is 0 Å². The number of hydrogen-bond acceptors (Lipinski definition) is 3. The van der Waals surface area contributed by atoms with E-state index >= 15 is 0 Å². The highest BCUT2D eigenvalue weighted by Gasteiger charge is 2.21. The molecule has 1 fully saturated rings. The Morgan fingerprint density at radius 3 is 2.79 bits per heavy atom. The molecule has 2 N–H and O–H groups in total. The van der Waals surface area contributed by atoms with E-state index in [1.165, 1.54) is 37.8 Å². The van der Waals surface area contributed by atoms with Crippen LogP contribution in [0, 0.1) is 5.92 Å². The molecule has 1 atom stereocenters. The molecule has 1 saturated carbocycles. The second kappa shape index (κ2) is 7.61. The second-order valence-corrected chi connectivity index (χ2v) is 5.90. The van der Waals surface area contributed by atoms with E-state index in [2.05, 4.69) is 29.1 Å². The molecule has 0 spiro atoms. The van der Waals surface area contributed by atoms with Gasteiger partial charge in [-0.2, -0.15) is 0 Å². The van der Waals surface area contributed by atoms with Crippen LogP contribution in [0.4, 0.5) is 0 Å². The third-order valence-electron chi connectivity index (χ3n) is 4.25. The summed E-state index contributed by atoms with van der Waals surface area (Å²) in [6.45, 7) is 2.05. The Hall–Kier alpha value is -0.930. The predicted octanol–water partition coefficient (Wildman–Crippen LogP) is 2.46. The molecule has 0 bridgehead atoms. The normalized spacial score (nSPS) is 18.7. The molecule has 1 heterocycles. The highest BCUT2D eigenvalue weighted by molar-refractivity contribution is 5.03. The van der Waals surface area contributed by atoms with E-state index in [1.807, 2.05) is 12.3 Å². The fourth-order valence-electron chi connectivity index (χ4n) is 3.01. The molecule has 1 aromatic rings. The minimum absolute atomic E-state index is 0.342. The third kappa shape index (κ3) is 4.92. The first-order chi connectivity index (χ1) is 9.25. The standard InChI is InChI=1S/C16H27N3/c1-19(12-10-15-9-5-6-11-18-15)13-16(17)14-7-3-2-4-8-14/h5-6,9,11,14,16H,2-4,7-8,10,12-13,17H2,1H3. The summed E-state index contributed by atoms with van der Waals surface area (Å²) in [5.74, 6) is 0.742. The van der Waals surface area contributed by atoms with Crippen LogP contribution in [-0.2, 0) is 6.42 Å². The Bertz CT molecular complexity index is 346. The minimum Gasteiger partial charge on any atom is -0.326 e. The average molecular weight is 261 g/mol. The van der Waals surface area contributed by atoms with E-state index in [9.17, 15) is 0 Å². The van der Waals surface area contributed by atoms with Crippen molar-refractivity contribution >= 4 is 0 Å². The number of rotatable bonds is 6. The van der Waals surface area contributed by atoms with Gasteiger partial charge in [0.25, 0.3) is 0 Å². The Morgan fingerprint density at radius 1 is 1.32 bits per heavy atom. The summed E-state index contributed by atoms with van der Waals surface area (Å²) in [5.41, 5.74) is 7.53. The number of nitrogens with zero attached hydrogens (tertiary/aromatic N) is 2. The quantitative estimate of drug-likeness (QED) is 0.855. The van der Waals surface area contributed by atoms with Gasteiger partial charge in [0.15, 0.2) is 0 Å². The lowest BCUT2D eigenvalue weighted by Gasteiger charge is -2.30. The van der Waals surface area contributed by atoms with E-state index in [-0.39, 0.29) is 0 Å². The van der Waals surface area contributed by atoms with Crippen molar-refractivity contribution in [3.63, 3.8) is 0 Å². The van der Waals surface area contributed by atoms with E-state index < -0.39 is 0 Å². The van der Waals surface area contributed by atoms with Gasteiger partial charge in [-0.1, -0.05) is 25.3 Å². The van der Waals surface area contributed by atoms with Gasteiger partial charge in [-0.05, 0) is 37.9 Å². The molecule has 0 radical (unpaired) electrons. The van der Waals surface area contributed by atoms with Gasteiger partial charge in [-0.25, -0.2) is 0 Å². The van der Waals surface area contributed by atoms with Crippen molar-refractivity contribution in [3.8, 4) is 0 Å². The lowest BCUT2D eigenvalue weighted by atomic mass is 9.84. The Labute approximate surface area is 117 Å². The first kappa shape index (κ1) is 14.5. The molecule has 3 nitrogen and oxygen atoms in total. The van der Waals surface area contributed by atoms with Crippen molar-refractivity contribution in [2.45, 2.75) is 44.6 Å². The monoisotopic (exact) mass is 261 g/mol. The summed E-state index contributed by atoms with van der Waals surface area (Å²) in [7, 11) is 2.17. The van der Waals surface area contributed by atoms with Crippen molar-refractivity contribution in [1.82, 2.24) is 9.88 Å². The highest BCUT2D eigenvalue weighted by atomic mass is 15.1. The van der Waals surface area contributed by atoms with Crippen LogP contribution in [0.15, 0.2) is 24.4 Å². The molecule has 1 aliphatic carbocycles. The van der Waals surface area contributed by atoms with Gasteiger partial charge in [0, 0.05) is 37.4 Å². The first-order valence-corrected chi connectivity index (χ1v) is 7.60. The van der Waals surface area contributed by atoms with Gasteiger partial charge >= 0.3 is 0 Å². The number of likely N-dealkylation sites (N-methyl/N-ethyl adjacent to an activating group) is 1. The van der Waals surface area contributed by atoms with Crippen LogP contribution in [0.2, 0.25) is 0 Å². The molecule has 0 aliphatic heterocycles. The first-order valence-electron chi connectivity index (χ1n) is 7.60. The van der Waals surface area contributed by atoms with E-state index in [1.54, 1.807) is 0 Å². The summed E-state index contributed by atoms with van der Waals surface area (Å²) < 4.78 is 0. The summed E-state index contributed by atoms with van der Waals surface area (Å²) in [6.07, 6.45) is 9.67. The van der Waals surface area contributed by atoms with Gasteiger partial charge in [0.2, 0.25) is 0 Å². The fourth-order valence-corrected chi connectivity index (χ4v) is 3.01. The molecule has 1 aliphatic rings. The minimum atomic E-state index is 0.342. The van der Waals surface area contributed by atoms with Crippen LogP contribution in [0.1, 0.15) is 37.8 Å². The average Bonchev–Trinajstić information content (AvgIpc) is 2.47. The zero-order chi connectivity index (χ0) is 13.5. The SMILES string of the molecule is CN(CCc1ccccn1)CC(N)C1CCCCC1. The van der Waals surface area contributed by atoms with Crippen LogP contribution >= 0.6 is 0 Å². The summed E-state index contributed by atoms with van der Waals surface area (Å²) in [5, 5.41) is 0. The predicted molar refractivity (Wildman–Crippen MR) is 80.0 cm³/mol. The molecule has 0 amide bonds. The van der Waals surface area contributed by atoms with Gasteiger partial charge in [-0.15, -0.1) is 0 Å². The van der Waals surface area contributed by atoms with Crippen LogP contribution in [0.3, 0.4) is 0 Å². The topological polar surface area (TPSA) is 42.2 Å². The molecule has 19 heavy (non-hydrogen) atoms. The maximum absolute atomic E-state index is 6.36. The molecule has 1 unspecified atom stereocenters.